The molecule has 1 aromatic heterocycles. The van der Waals surface area contributed by atoms with Gasteiger partial charge in [0.25, 0.3) is 0 Å². The Morgan fingerprint density at radius 3 is 2.63 bits per heavy atom. The van der Waals surface area contributed by atoms with Crippen LogP contribution < -0.4 is 5.32 Å². The third kappa shape index (κ3) is 3.41. The zero-order chi connectivity index (χ0) is 14.0. The number of hydrogen-bond donors (Lipinski definition) is 1. The van der Waals surface area contributed by atoms with Crippen molar-refractivity contribution < 1.29 is 13.2 Å². The van der Waals surface area contributed by atoms with Crippen molar-refractivity contribution in [2.24, 2.45) is 7.05 Å². The lowest BCUT2D eigenvalue weighted by Crippen LogP contribution is -2.08. The number of nitrogens with zero attached hydrogens (tertiary/aromatic N) is 2. The Labute approximate surface area is 113 Å². The molecule has 7 heteroatoms. The second-order valence-corrected chi connectivity index (χ2v) is 4.46. The summed E-state index contributed by atoms with van der Waals surface area (Å²) in [6.45, 7) is 0.369. The minimum atomic E-state index is -4.41. The summed E-state index contributed by atoms with van der Waals surface area (Å²) in [7, 11) is 1.76. The van der Waals surface area contributed by atoms with Gasteiger partial charge in [-0.25, -0.2) is 0 Å². The van der Waals surface area contributed by atoms with E-state index in [1.54, 1.807) is 24.0 Å². The van der Waals surface area contributed by atoms with Gasteiger partial charge in [0.1, 0.15) is 0 Å². The highest BCUT2D eigenvalue weighted by Gasteiger charge is 2.31. The summed E-state index contributed by atoms with van der Waals surface area (Å²) < 4.78 is 39.5. The van der Waals surface area contributed by atoms with Gasteiger partial charge in [-0.15, -0.1) is 0 Å². The maximum Gasteiger partial charge on any atom is 0.416 e. The van der Waals surface area contributed by atoms with E-state index >= 15 is 0 Å². The molecular weight excluding hydrogens is 279 g/mol. The molecule has 0 atom stereocenters. The Kier molecular flexibility index (Phi) is 3.71. The Hall–Kier alpha value is -1.69. The van der Waals surface area contributed by atoms with Crippen molar-refractivity contribution in [1.82, 2.24) is 9.78 Å². The highest BCUT2D eigenvalue weighted by molar-refractivity contribution is 6.30. The number of halogens is 4. The van der Waals surface area contributed by atoms with Crippen LogP contribution in [0, 0.1) is 0 Å². The Balaban J connectivity index is 2.17. The summed E-state index contributed by atoms with van der Waals surface area (Å²) in [5.41, 5.74) is 0.405. The molecule has 3 nitrogen and oxygen atoms in total. The van der Waals surface area contributed by atoms with Crippen LogP contribution >= 0.6 is 11.6 Å². The van der Waals surface area contributed by atoms with Crippen molar-refractivity contribution in [2.75, 3.05) is 5.32 Å². The van der Waals surface area contributed by atoms with Crippen LogP contribution in [0.1, 0.15) is 11.3 Å². The molecule has 2 rings (SSSR count). The fourth-order valence-corrected chi connectivity index (χ4v) is 1.86. The Bertz CT molecular complexity index is 578. The van der Waals surface area contributed by atoms with Crippen molar-refractivity contribution >= 4 is 17.3 Å². The highest BCUT2D eigenvalue weighted by atomic mass is 35.5. The second kappa shape index (κ2) is 5.13. The molecule has 0 aliphatic heterocycles. The largest absolute Gasteiger partial charge is 0.416 e. The van der Waals surface area contributed by atoms with Crippen LogP contribution in [0.4, 0.5) is 18.9 Å². The number of alkyl halides is 3. The van der Waals surface area contributed by atoms with Crippen LogP contribution in [-0.4, -0.2) is 9.78 Å². The highest BCUT2D eigenvalue weighted by Crippen LogP contribution is 2.33. The van der Waals surface area contributed by atoms with E-state index < -0.39 is 11.7 Å². The molecule has 0 aliphatic carbocycles. The molecule has 1 heterocycles. The van der Waals surface area contributed by atoms with Crippen molar-refractivity contribution in [2.45, 2.75) is 12.7 Å². The van der Waals surface area contributed by atoms with Crippen molar-refractivity contribution in [3.63, 3.8) is 0 Å². The SMILES string of the molecule is Cn1nccc1CNc1cc(Cl)cc(C(F)(F)F)c1. The van der Waals surface area contributed by atoms with Gasteiger partial charge in [0.15, 0.2) is 0 Å². The van der Waals surface area contributed by atoms with E-state index in [0.717, 1.165) is 17.8 Å². The maximum atomic E-state index is 12.6. The smallest absolute Gasteiger partial charge is 0.379 e. The van der Waals surface area contributed by atoms with E-state index in [-0.39, 0.29) is 5.02 Å². The molecule has 0 radical (unpaired) electrons. The average molecular weight is 290 g/mol. The Morgan fingerprint density at radius 1 is 1.32 bits per heavy atom. The first-order valence-electron chi connectivity index (χ1n) is 5.45. The standard InChI is InChI=1S/C12H11ClF3N3/c1-19-11(2-3-18-19)7-17-10-5-8(12(14,15)16)4-9(13)6-10/h2-6,17H,7H2,1H3. The summed E-state index contributed by atoms with van der Waals surface area (Å²) in [5, 5.41) is 6.91. The van der Waals surface area contributed by atoms with Crippen molar-refractivity contribution in [3.8, 4) is 0 Å². The van der Waals surface area contributed by atoms with Crippen LogP contribution in [0.2, 0.25) is 5.02 Å². The molecule has 102 valence electrons. The molecule has 19 heavy (non-hydrogen) atoms. The maximum absolute atomic E-state index is 12.6. The molecule has 1 aromatic carbocycles. The zero-order valence-electron chi connectivity index (χ0n) is 10.0. The first-order chi connectivity index (χ1) is 8.86. The lowest BCUT2D eigenvalue weighted by molar-refractivity contribution is -0.137. The average Bonchev–Trinajstić information content (AvgIpc) is 2.70. The summed E-state index contributed by atoms with van der Waals surface area (Å²) in [6.07, 6.45) is -2.79. The van der Waals surface area contributed by atoms with Crippen LogP contribution in [-0.2, 0) is 19.8 Å². The minimum absolute atomic E-state index is 0.0438. The van der Waals surface area contributed by atoms with Crippen molar-refractivity contribution in [1.29, 1.82) is 0 Å². The molecule has 0 bridgehead atoms. The van der Waals surface area contributed by atoms with E-state index in [9.17, 15) is 13.2 Å². The van der Waals surface area contributed by atoms with E-state index in [4.69, 9.17) is 11.6 Å². The molecule has 0 aliphatic rings. The normalized spacial score (nSPS) is 11.6. The fraction of sp³-hybridized carbons (Fsp3) is 0.250. The molecule has 0 spiro atoms. The number of nitrogens with one attached hydrogen (secondary N) is 1. The summed E-state index contributed by atoms with van der Waals surface area (Å²) in [5.74, 6) is 0. The molecule has 0 amide bonds. The van der Waals surface area contributed by atoms with Gasteiger partial charge in [-0.1, -0.05) is 11.6 Å². The van der Waals surface area contributed by atoms with Gasteiger partial charge in [0.05, 0.1) is 17.8 Å². The molecule has 0 unspecified atom stereocenters. The lowest BCUT2D eigenvalue weighted by atomic mass is 10.2. The first kappa shape index (κ1) is 13.7. The summed E-state index contributed by atoms with van der Waals surface area (Å²) in [6, 6.07) is 5.16. The van der Waals surface area contributed by atoms with Crippen LogP contribution in [0.15, 0.2) is 30.5 Å². The topological polar surface area (TPSA) is 29.9 Å². The summed E-state index contributed by atoms with van der Waals surface area (Å²) in [4.78, 5) is 0. The van der Waals surface area contributed by atoms with Crippen LogP contribution in [0.3, 0.4) is 0 Å². The van der Waals surface area contributed by atoms with E-state index in [2.05, 4.69) is 10.4 Å². The summed E-state index contributed by atoms with van der Waals surface area (Å²) >= 11 is 5.69. The minimum Gasteiger partial charge on any atom is -0.379 e. The number of aryl methyl sites for hydroxylation is 1. The molecule has 0 saturated heterocycles. The van der Waals surface area contributed by atoms with Crippen LogP contribution in [0.25, 0.3) is 0 Å². The van der Waals surface area contributed by atoms with Gasteiger partial charge < -0.3 is 5.32 Å². The van der Waals surface area contributed by atoms with Gasteiger partial charge in [-0.2, -0.15) is 18.3 Å². The van der Waals surface area contributed by atoms with Gasteiger partial charge in [-0.3, -0.25) is 4.68 Å². The fourth-order valence-electron chi connectivity index (χ4n) is 1.62. The Morgan fingerprint density at radius 2 is 2.05 bits per heavy atom. The van der Waals surface area contributed by atoms with Crippen molar-refractivity contribution in [3.05, 3.63) is 46.7 Å². The first-order valence-corrected chi connectivity index (χ1v) is 5.82. The van der Waals surface area contributed by atoms with E-state index in [0.29, 0.717) is 12.2 Å². The number of hydrogen-bond acceptors (Lipinski definition) is 2. The molecular formula is C12H11ClF3N3. The number of benzene rings is 1. The predicted molar refractivity (Wildman–Crippen MR) is 67.0 cm³/mol. The van der Waals surface area contributed by atoms with Crippen LogP contribution in [0.5, 0.6) is 0 Å². The second-order valence-electron chi connectivity index (χ2n) is 4.03. The third-order valence-electron chi connectivity index (χ3n) is 2.62. The number of anilines is 1. The van der Waals surface area contributed by atoms with Gasteiger partial charge in [0, 0.05) is 24.0 Å². The number of rotatable bonds is 3. The molecule has 0 fully saturated rings. The van der Waals surface area contributed by atoms with Gasteiger partial charge in [0.2, 0.25) is 0 Å². The number of aromatic nitrogens is 2. The quantitative estimate of drug-likeness (QED) is 0.933. The van der Waals surface area contributed by atoms with E-state index in [1.807, 2.05) is 0 Å². The van der Waals surface area contributed by atoms with E-state index in [1.165, 1.54) is 6.07 Å². The predicted octanol–water partition coefficient (Wildman–Crippen LogP) is 3.70. The van der Waals surface area contributed by atoms with Gasteiger partial charge >= 0.3 is 6.18 Å². The van der Waals surface area contributed by atoms with Gasteiger partial charge in [-0.05, 0) is 24.3 Å². The third-order valence-corrected chi connectivity index (χ3v) is 2.84. The molecule has 2 aromatic rings. The molecule has 1 N–H and O–H groups in total. The lowest BCUT2D eigenvalue weighted by Gasteiger charge is -2.11. The monoisotopic (exact) mass is 289 g/mol. The molecule has 0 saturated carbocycles. The zero-order valence-corrected chi connectivity index (χ0v) is 10.8.